The fraction of sp³-hybridized carbons (Fsp3) is 0.143. The maximum absolute atomic E-state index is 14.7. The van der Waals surface area contributed by atoms with E-state index in [0.717, 1.165) is 15.7 Å². The second kappa shape index (κ2) is 7.04. The van der Waals surface area contributed by atoms with Gasteiger partial charge in [0.15, 0.2) is 0 Å². The molecule has 0 fully saturated rings. The lowest BCUT2D eigenvalue weighted by molar-refractivity contribution is 0.0706. The number of aromatic nitrogens is 4. The van der Waals surface area contributed by atoms with Crippen LogP contribution in [-0.2, 0) is 13.0 Å². The highest BCUT2D eigenvalue weighted by Gasteiger charge is 2.37. The number of nitrogens with zero attached hydrogens (tertiary/aromatic N) is 4. The van der Waals surface area contributed by atoms with Crippen molar-refractivity contribution in [3.63, 3.8) is 0 Å². The molecule has 1 amide bonds. The standard InChI is InChI=1S/C21H15BrFN5O/c22-15-6-3-7-24-17(15)10-20-13-4-1-2-5-14(13)21(29)28(20)11-12-8-18-19(9-16(12)23)26-27-25-18/h1-9,20H,10-11H2,(H,25,26,27). The Morgan fingerprint density at radius 2 is 2.03 bits per heavy atom. The van der Waals surface area contributed by atoms with Crippen LogP contribution >= 0.6 is 15.9 Å². The van der Waals surface area contributed by atoms with Gasteiger partial charge in [-0.3, -0.25) is 14.9 Å². The summed E-state index contributed by atoms with van der Waals surface area (Å²) in [4.78, 5) is 19.3. The zero-order chi connectivity index (χ0) is 20.0. The molecule has 0 radical (unpaired) electrons. The van der Waals surface area contributed by atoms with Crippen LogP contribution in [0.4, 0.5) is 4.39 Å². The number of pyridine rings is 1. The van der Waals surface area contributed by atoms with Crippen LogP contribution in [0.1, 0.15) is 33.2 Å². The molecule has 4 aromatic rings. The van der Waals surface area contributed by atoms with E-state index in [9.17, 15) is 9.18 Å². The van der Waals surface area contributed by atoms with Crippen molar-refractivity contribution in [1.82, 2.24) is 25.3 Å². The summed E-state index contributed by atoms with van der Waals surface area (Å²) in [5.74, 6) is -0.512. The van der Waals surface area contributed by atoms with Crippen LogP contribution in [0, 0.1) is 5.82 Å². The minimum Gasteiger partial charge on any atom is -0.327 e. The number of benzene rings is 2. The fourth-order valence-corrected chi connectivity index (χ4v) is 4.23. The van der Waals surface area contributed by atoms with Crippen molar-refractivity contribution in [1.29, 1.82) is 0 Å². The molecule has 1 atom stereocenters. The van der Waals surface area contributed by atoms with Crippen molar-refractivity contribution in [2.75, 3.05) is 0 Å². The highest BCUT2D eigenvalue weighted by atomic mass is 79.9. The summed E-state index contributed by atoms with van der Waals surface area (Å²) in [6.45, 7) is 0.136. The summed E-state index contributed by atoms with van der Waals surface area (Å²) in [6.07, 6.45) is 2.25. The van der Waals surface area contributed by atoms with Gasteiger partial charge < -0.3 is 4.90 Å². The van der Waals surface area contributed by atoms with E-state index < -0.39 is 5.82 Å². The Kier molecular flexibility index (Phi) is 4.35. The average Bonchev–Trinajstić information content (AvgIpc) is 3.28. The first-order valence-corrected chi connectivity index (χ1v) is 9.89. The SMILES string of the molecule is O=C1c2ccccc2C(Cc2ncccc2Br)N1Cc1cc2nn[nH]c2cc1F. The fourth-order valence-electron chi connectivity index (χ4n) is 3.82. The number of carbonyl (C=O) groups is 1. The molecule has 1 aliphatic heterocycles. The normalized spacial score (nSPS) is 15.9. The minimum absolute atomic E-state index is 0.114. The van der Waals surface area contributed by atoms with Crippen molar-refractivity contribution >= 4 is 32.9 Å². The van der Waals surface area contributed by atoms with Crippen LogP contribution in [0.25, 0.3) is 11.0 Å². The number of aromatic amines is 1. The number of amides is 1. The van der Waals surface area contributed by atoms with Gasteiger partial charge >= 0.3 is 0 Å². The molecule has 3 heterocycles. The molecule has 1 N–H and O–H groups in total. The van der Waals surface area contributed by atoms with E-state index in [1.807, 2.05) is 36.4 Å². The molecule has 2 aromatic carbocycles. The number of fused-ring (bicyclic) bond motifs is 2. The van der Waals surface area contributed by atoms with E-state index in [-0.39, 0.29) is 18.5 Å². The summed E-state index contributed by atoms with van der Waals surface area (Å²) >= 11 is 3.54. The molecule has 1 aliphatic rings. The van der Waals surface area contributed by atoms with Gasteiger partial charge in [-0.25, -0.2) is 4.39 Å². The van der Waals surface area contributed by atoms with Gasteiger partial charge in [-0.15, -0.1) is 5.10 Å². The molecule has 1 unspecified atom stereocenters. The van der Waals surface area contributed by atoms with Crippen molar-refractivity contribution in [2.24, 2.45) is 0 Å². The zero-order valence-electron chi connectivity index (χ0n) is 15.1. The first-order chi connectivity index (χ1) is 14.1. The molecule has 0 aliphatic carbocycles. The van der Waals surface area contributed by atoms with E-state index in [4.69, 9.17) is 0 Å². The van der Waals surface area contributed by atoms with Crippen LogP contribution in [-0.4, -0.2) is 31.2 Å². The molecule has 29 heavy (non-hydrogen) atoms. The predicted octanol–water partition coefficient (Wildman–Crippen LogP) is 4.19. The summed E-state index contributed by atoms with van der Waals surface area (Å²) in [5.41, 5.74) is 3.91. The van der Waals surface area contributed by atoms with Gasteiger partial charge in [0.2, 0.25) is 0 Å². The predicted molar refractivity (Wildman–Crippen MR) is 109 cm³/mol. The van der Waals surface area contributed by atoms with Gasteiger partial charge in [-0.2, -0.15) is 0 Å². The number of carbonyl (C=O) groups excluding carboxylic acids is 1. The maximum Gasteiger partial charge on any atom is 0.255 e. The van der Waals surface area contributed by atoms with Crippen molar-refractivity contribution in [3.8, 4) is 0 Å². The lowest BCUT2D eigenvalue weighted by Crippen LogP contribution is -2.29. The number of rotatable bonds is 4. The van der Waals surface area contributed by atoms with E-state index in [2.05, 4.69) is 36.3 Å². The molecule has 5 rings (SSSR count). The highest BCUT2D eigenvalue weighted by Crippen LogP contribution is 2.38. The van der Waals surface area contributed by atoms with Crippen molar-refractivity contribution in [3.05, 3.63) is 87.4 Å². The third-order valence-electron chi connectivity index (χ3n) is 5.24. The van der Waals surface area contributed by atoms with Crippen LogP contribution in [0.5, 0.6) is 0 Å². The minimum atomic E-state index is -0.398. The zero-order valence-corrected chi connectivity index (χ0v) is 16.7. The number of nitrogens with one attached hydrogen (secondary N) is 1. The van der Waals surface area contributed by atoms with Gasteiger partial charge in [-0.05, 0) is 45.8 Å². The van der Waals surface area contributed by atoms with E-state index >= 15 is 0 Å². The van der Waals surface area contributed by atoms with Gasteiger partial charge in [0.25, 0.3) is 5.91 Å². The van der Waals surface area contributed by atoms with Crippen LogP contribution < -0.4 is 0 Å². The smallest absolute Gasteiger partial charge is 0.255 e. The Balaban J connectivity index is 1.55. The van der Waals surface area contributed by atoms with Crippen LogP contribution in [0.3, 0.4) is 0 Å². The Morgan fingerprint density at radius 3 is 2.90 bits per heavy atom. The molecule has 0 saturated carbocycles. The summed E-state index contributed by atoms with van der Waals surface area (Å²) in [6, 6.07) is 14.1. The lowest BCUT2D eigenvalue weighted by atomic mass is 10.00. The Morgan fingerprint density at radius 1 is 1.17 bits per heavy atom. The van der Waals surface area contributed by atoms with Gasteiger partial charge in [0, 0.05) is 40.8 Å². The summed E-state index contributed by atoms with van der Waals surface area (Å²) in [5, 5.41) is 10.3. The topological polar surface area (TPSA) is 74.8 Å². The quantitative estimate of drug-likeness (QED) is 0.504. The van der Waals surface area contributed by atoms with Crippen LogP contribution in [0.2, 0.25) is 0 Å². The molecule has 144 valence electrons. The van der Waals surface area contributed by atoms with Gasteiger partial charge in [0.05, 0.1) is 17.3 Å². The Labute approximate surface area is 173 Å². The van der Waals surface area contributed by atoms with Gasteiger partial charge in [0.1, 0.15) is 11.3 Å². The number of halogens is 2. The molecule has 2 aromatic heterocycles. The maximum atomic E-state index is 14.7. The lowest BCUT2D eigenvalue weighted by Gasteiger charge is -2.26. The molecule has 0 saturated heterocycles. The largest absolute Gasteiger partial charge is 0.327 e. The Hall–Kier alpha value is -3.13. The molecule has 0 spiro atoms. The van der Waals surface area contributed by atoms with Crippen molar-refractivity contribution in [2.45, 2.75) is 19.0 Å². The number of hydrogen-bond donors (Lipinski definition) is 1. The number of H-pyrrole nitrogens is 1. The van der Waals surface area contributed by atoms with Crippen LogP contribution in [0.15, 0.2) is 59.2 Å². The third kappa shape index (κ3) is 3.09. The summed E-state index contributed by atoms with van der Waals surface area (Å²) < 4.78 is 15.6. The molecule has 6 nitrogen and oxygen atoms in total. The second-order valence-electron chi connectivity index (χ2n) is 6.94. The second-order valence-corrected chi connectivity index (χ2v) is 7.80. The first kappa shape index (κ1) is 17.9. The van der Waals surface area contributed by atoms with Crippen molar-refractivity contribution < 1.29 is 9.18 Å². The first-order valence-electron chi connectivity index (χ1n) is 9.10. The van der Waals surface area contributed by atoms with E-state index in [1.165, 1.54) is 6.07 Å². The molecule has 8 heteroatoms. The third-order valence-corrected chi connectivity index (χ3v) is 5.96. The number of hydrogen-bond acceptors (Lipinski definition) is 4. The Bertz CT molecular complexity index is 1240. The van der Waals surface area contributed by atoms with E-state index in [1.54, 1.807) is 17.2 Å². The molecular formula is C21H15BrFN5O. The monoisotopic (exact) mass is 451 g/mol. The summed E-state index contributed by atoms with van der Waals surface area (Å²) in [7, 11) is 0. The molecule has 0 bridgehead atoms. The average molecular weight is 452 g/mol. The van der Waals surface area contributed by atoms with Gasteiger partial charge in [-0.1, -0.05) is 23.4 Å². The highest BCUT2D eigenvalue weighted by molar-refractivity contribution is 9.10. The van der Waals surface area contributed by atoms with E-state index in [0.29, 0.717) is 28.6 Å². The molecular weight excluding hydrogens is 437 g/mol.